The molecule has 0 bridgehead atoms. The van der Waals surface area contributed by atoms with Crippen LogP contribution < -0.4 is 10.6 Å². The molecule has 0 aromatic heterocycles. The van der Waals surface area contributed by atoms with Crippen LogP contribution in [0, 0.1) is 0 Å². The van der Waals surface area contributed by atoms with Crippen molar-refractivity contribution in [2.75, 3.05) is 10.6 Å². The molecule has 0 aliphatic rings. The Hall–Kier alpha value is -2.29. The van der Waals surface area contributed by atoms with Crippen LogP contribution in [0.1, 0.15) is 25.3 Å². The van der Waals surface area contributed by atoms with Crippen molar-refractivity contribution in [3.8, 4) is 0 Å². The summed E-state index contributed by atoms with van der Waals surface area (Å²) in [6, 6.07) is 17.0. The van der Waals surface area contributed by atoms with Crippen LogP contribution >= 0.6 is 0 Å². The molecule has 0 fully saturated rings. The van der Waals surface area contributed by atoms with Crippen LogP contribution in [0.25, 0.3) is 0 Å². The lowest BCUT2D eigenvalue weighted by molar-refractivity contribution is 0.262. The molecule has 0 spiro atoms. The Morgan fingerprint density at radius 1 is 0.895 bits per heavy atom. The van der Waals surface area contributed by atoms with Crippen molar-refractivity contribution in [2.45, 2.75) is 19.8 Å². The molecule has 0 saturated heterocycles. The normalized spacial score (nSPS) is 10.3. The van der Waals surface area contributed by atoms with Gasteiger partial charge < -0.3 is 10.6 Å². The molecule has 0 heterocycles. The SMILES string of the molecule is CC(C)c1ccccc1NC(=O)Nc1ccccc1. The predicted molar refractivity (Wildman–Crippen MR) is 79.6 cm³/mol. The number of carbonyl (C=O) groups excluding carboxylic acids is 1. The van der Waals surface area contributed by atoms with Gasteiger partial charge in [-0.3, -0.25) is 0 Å². The molecule has 0 aliphatic carbocycles. The van der Waals surface area contributed by atoms with Gasteiger partial charge in [0.1, 0.15) is 0 Å². The number of carbonyl (C=O) groups is 1. The number of anilines is 2. The summed E-state index contributed by atoms with van der Waals surface area (Å²) >= 11 is 0. The molecular weight excluding hydrogens is 236 g/mol. The van der Waals surface area contributed by atoms with Crippen molar-refractivity contribution >= 4 is 17.4 Å². The Balaban J connectivity index is 2.07. The van der Waals surface area contributed by atoms with Crippen LogP contribution in [-0.2, 0) is 0 Å². The van der Waals surface area contributed by atoms with Crippen molar-refractivity contribution in [3.63, 3.8) is 0 Å². The number of hydrogen-bond donors (Lipinski definition) is 2. The van der Waals surface area contributed by atoms with E-state index in [1.807, 2.05) is 54.6 Å². The minimum Gasteiger partial charge on any atom is -0.308 e. The van der Waals surface area contributed by atoms with Crippen LogP contribution in [0.4, 0.5) is 16.2 Å². The van der Waals surface area contributed by atoms with Gasteiger partial charge in [0.15, 0.2) is 0 Å². The molecule has 2 N–H and O–H groups in total. The lowest BCUT2D eigenvalue weighted by Gasteiger charge is -2.14. The highest BCUT2D eigenvalue weighted by atomic mass is 16.2. The maximum absolute atomic E-state index is 11.9. The highest BCUT2D eigenvalue weighted by Crippen LogP contribution is 2.23. The third kappa shape index (κ3) is 3.58. The van der Waals surface area contributed by atoms with E-state index in [0.29, 0.717) is 5.92 Å². The van der Waals surface area contributed by atoms with Gasteiger partial charge in [-0.1, -0.05) is 50.2 Å². The van der Waals surface area contributed by atoms with Crippen LogP contribution in [0.3, 0.4) is 0 Å². The zero-order valence-electron chi connectivity index (χ0n) is 11.2. The van der Waals surface area contributed by atoms with E-state index in [1.54, 1.807) is 0 Å². The summed E-state index contributed by atoms with van der Waals surface area (Å²) in [5.74, 6) is 0.369. The first kappa shape index (κ1) is 13.1. The zero-order valence-corrected chi connectivity index (χ0v) is 11.2. The molecule has 19 heavy (non-hydrogen) atoms. The van der Waals surface area contributed by atoms with E-state index in [4.69, 9.17) is 0 Å². The van der Waals surface area contributed by atoms with Gasteiger partial charge in [-0.15, -0.1) is 0 Å². The number of para-hydroxylation sites is 2. The van der Waals surface area contributed by atoms with E-state index in [1.165, 1.54) is 0 Å². The molecular formula is C16H18N2O. The third-order valence-corrected chi connectivity index (χ3v) is 2.86. The standard InChI is InChI=1S/C16H18N2O/c1-12(2)14-10-6-7-11-15(14)18-16(19)17-13-8-4-3-5-9-13/h3-12H,1-2H3,(H2,17,18,19). The molecule has 2 amide bonds. The minimum atomic E-state index is -0.223. The summed E-state index contributed by atoms with van der Waals surface area (Å²) in [6.07, 6.45) is 0. The Labute approximate surface area is 113 Å². The van der Waals surface area contributed by atoms with E-state index in [0.717, 1.165) is 16.9 Å². The molecule has 0 saturated carbocycles. The fraction of sp³-hybridized carbons (Fsp3) is 0.188. The number of urea groups is 1. The lowest BCUT2D eigenvalue weighted by atomic mass is 10.0. The molecule has 0 radical (unpaired) electrons. The van der Waals surface area contributed by atoms with Crippen LogP contribution in [-0.4, -0.2) is 6.03 Å². The Morgan fingerprint density at radius 3 is 2.21 bits per heavy atom. The Kier molecular flexibility index (Phi) is 4.18. The first-order chi connectivity index (χ1) is 9.16. The summed E-state index contributed by atoms with van der Waals surface area (Å²) < 4.78 is 0. The van der Waals surface area contributed by atoms with Gasteiger partial charge in [0, 0.05) is 11.4 Å². The fourth-order valence-electron chi connectivity index (χ4n) is 1.92. The number of nitrogens with one attached hydrogen (secondary N) is 2. The quantitative estimate of drug-likeness (QED) is 0.834. The van der Waals surface area contributed by atoms with Crippen molar-refractivity contribution in [3.05, 3.63) is 60.2 Å². The molecule has 2 aromatic rings. The van der Waals surface area contributed by atoms with Crippen LogP contribution in [0.15, 0.2) is 54.6 Å². The van der Waals surface area contributed by atoms with E-state index in [-0.39, 0.29) is 6.03 Å². The van der Waals surface area contributed by atoms with Crippen molar-refractivity contribution in [1.82, 2.24) is 0 Å². The van der Waals surface area contributed by atoms with Gasteiger partial charge in [-0.25, -0.2) is 4.79 Å². The highest BCUT2D eigenvalue weighted by Gasteiger charge is 2.08. The smallest absolute Gasteiger partial charge is 0.308 e. The predicted octanol–water partition coefficient (Wildman–Crippen LogP) is 4.45. The van der Waals surface area contributed by atoms with E-state index in [2.05, 4.69) is 24.5 Å². The number of rotatable bonds is 3. The van der Waals surface area contributed by atoms with Crippen LogP contribution in [0.2, 0.25) is 0 Å². The summed E-state index contributed by atoms with van der Waals surface area (Å²) in [4.78, 5) is 11.9. The summed E-state index contributed by atoms with van der Waals surface area (Å²) in [5, 5.41) is 5.70. The topological polar surface area (TPSA) is 41.1 Å². The third-order valence-electron chi connectivity index (χ3n) is 2.86. The second-order valence-corrected chi connectivity index (χ2v) is 4.69. The largest absolute Gasteiger partial charge is 0.323 e. The van der Waals surface area contributed by atoms with Crippen LogP contribution in [0.5, 0.6) is 0 Å². The molecule has 98 valence electrons. The summed E-state index contributed by atoms with van der Waals surface area (Å²) in [6.45, 7) is 4.21. The summed E-state index contributed by atoms with van der Waals surface area (Å²) in [7, 11) is 0. The number of amides is 2. The monoisotopic (exact) mass is 254 g/mol. The minimum absolute atomic E-state index is 0.223. The molecule has 0 unspecified atom stereocenters. The molecule has 0 aliphatic heterocycles. The van der Waals surface area contributed by atoms with E-state index in [9.17, 15) is 4.79 Å². The molecule has 0 atom stereocenters. The fourth-order valence-corrected chi connectivity index (χ4v) is 1.92. The van der Waals surface area contributed by atoms with Gasteiger partial charge in [0.2, 0.25) is 0 Å². The number of benzene rings is 2. The lowest BCUT2D eigenvalue weighted by Crippen LogP contribution is -2.20. The first-order valence-corrected chi connectivity index (χ1v) is 6.39. The van der Waals surface area contributed by atoms with Gasteiger partial charge in [-0.05, 0) is 29.7 Å². The molecule has 3 nitrogen and oxygen atoms in total. The highest BCUT2D eigenvalue weighted by molar-refractivity contribution is 6.00. The van der Waals surface area contributed by atoms with E-state index < -0.39 is 0 Å². The molecule has 2 aromatic carbocycles. The van der Waals surface area contributed by atoms with Gasteiger partial charge in [0.05, 0.1) is 0 Å². The Morgan fingerprint density at radius 2 is 1.53 bits per heavy atom. The average Bonchev–Trinajstić information content (AvgIpc) is 2.40. The van der Waals surface area contributed by atoms with Gasteiger partial charge in [0.25, 0.3) is 0 Å². The van der Waals surface area contributed by atoms with Crippen molar-refractivity contribution in [1.29, 1.82) is 0 Å². The maximum atomic E-state index is 11.9. The molecule has 3 heteroatoms. The molecule has 2 rings (SSSR count). The maximum Gasteiger partial charge on any atom is 0.323 e. The van der Waals surface area contributed by atoms with E-state index >= 15 is 0 Å². The number of hydrogen-bond acceptors (Lipinski definition) is 1. The van der Waals surface area contributed by atoms with Crippen molar-refractivity contribution in [2.24, 2.45) is 0 Å². The first-order valence-electron chi connectivity index (χ1n) is 6.39. The average molecular weight is 254 g/mol. The second kappa shape index (κ2) is 6.05. The second-order valence-electron chi connectivity index (χ2n) is 4.69. The Bertz CT molecular complexity index is 550. The van der Waals surface area contributed by atoms with Gasteiger partial charge >= 0.3 is 6.03 Å². The van der Waals surface area contributed by atoms with Gasteiger partial charge in [-0.2, -0.15) is 0 Å². The summed E-state index contributed by atoms with van der Waals surface area (Å²) in [5.41, 5.74) is 2.76. The zero-order chi connectivity index (χ0) is 13.7. The van der Waals surface area contributed by atoms with Crippen molar-refractivity contribution < 1.29 is 4.79 Å².